The summed E-state index contributed by atoms with van der Waals surface area (Å²) in [4.78, 5) is 23.0. The Labute approximate surface area is 97.6 Å². The fraction of sp³-hybridized carbons (Fsp3) is 0.167. The van der Waals surface area contributed by atoms with Crippen LogP contribution in [0.15, 0.2) is 39.6 Å². The van der Waals surface area contributed by atoms with Gasteiger partial charge in [-0.3, -0.25) is 4.79 Å². The molecule has 0 bridgehead atoms. The van der Waals surface area contributed by atoms with Crippen molar-refractivity contribution in [2.45, 2.75) is 13.8 Å². The number of hydrogen-bond acceptors (Lipinski definition) is 3. The molecule has 1 aromatic carbocycles. The molecule has 17 heavy (non-hydrogen) atoms. The van der Waals surface area contributed by atoms with E-state index in [0.29, 0.717) is 16.2 Å². The molecule has 0 fully saturated rings. The summed E-state index contributed by atoms with van der Waals surface area (Å²) in [7, 11) is 0. The molecule has 0 saturated carbocycles. The highest BCUT2D eigenvalue weighted by atomic mass is 16.5. The zero-order valence-electron chi connectivity index (χ0n) is 9.56. The van der Waals surface area contributed by atoms with Crippen molar-refractivity contribution < 1.29 is 9.32 Å². The van der Waals surface area contributed by atoms with Crippen LogP contribution < -0.4 is 10.9 Å². The van der Waals surface area contributed by atoms with E-state index >= 15 is 0 Å². The summed E-state index contributed by atoms with van der Waals surface area (Å²) in [6, 6.07) is 7.90. The summed E-state index contributed by atoms with van der Waals surface area (Å²) in [5.74, 6) is 0.397. The largest absolute Gasteiger partial charge is 0.372 e. The minimum absolute atomic E-state index is 0.397. The Bertz CT molecular complexity index is 593. The van der Waals surface area contributed by atoms with Crippen LogP contribution >= 0.6 is 0 Å². The molecule has 0 atom stereocenters. The van der Waals surface area contributed by atoms with Crippen LogP contribution in [0.3, 0.4) is 0 Å². The lowest BCUT2D eigenvalue weighted by Gasteiger charge is -2.03. The number of hydrogen-bond donors (Lipinski definition) is 1. The molecule has 0 aliphatic carbocycles. The summed E-state index contributed by atoms with van der Waals surface area (Å²) < 4.78 is 5.65. The Morgan fingerprint density at radius 2 is 1.88 bits per heavy atom. The quantitative estimate of drug-likeness (QED) is 0.819. The van der Waals surface area contributed by atoms with Gasteiger partial charge < -0.3 is 9.84 Å². The number of aromatic nitrogens is 1. The summed E-state index contributed by atoms with van der Waals surface area (Å²) in [6.07, 6.45) is 0. The first-order chi connectivity index (χ1) is 8.06. The Morgan fingerprint density at radius 1 is 1.24 bits per heavy atom. The van der Waals surface area contributed by atoms with E-state index < -0.39 is 11.6 Å². The molecule has 1 N–H and O–H groups in total. The molecule has 1 aromatic heterocycles. The molecule has 0 radical (unpaired) electrons. The molecule has 0 spiro atoms. The average molecular weight is 232 g/mol. The number of nitrogens with one attached hydrogen (secondary N) is 1. The van der Waals surface area contributed by atoms with Gasteiger partial charge in [0.2, 0.25) is 0 Å². The van der Waals surface area contributed by atoms with E-state index in [-0.39, 0.29) is 0 Å². The van der Waals surface area contributed by atoms with E-state index in [1.165, 1.54) is 6.07 Å². The Morgan fingerprint density at radius 3 is 2.41 bits per heavy atom. The van der Waals surface area contributed by atoms with E-state index in [1.54, 1.807) is 19.1 Å². The van der Waals surface area contributed by atoms with Crippen LogP contribution in [0.25, 0.3) is 0 Å². The zero-order chi connectivity index (χ0) is 12.4. The van der Waals surface area contributed by atoms with Gasteiger partial charge in [-0.1, -0.05) is 22.4 Å². The third-order valence-corrected chi connectivity index (χ3v) is 2.25. The van der Waals surface area contributed by atoms with Gasteiger partial charge in [-0.25, -0.2) is 4.79 Å². The maximum atomic E-state index is 11.7. The first kappa shape index (κ1) is 11.2. The van der Waals surface area contributed by atoms with Crippen molar-refractivity contribution in [3.8, 4) is 0 Å². The van der Waals surface area contributed by atoms with Gasteiger partial charge in [0.1, 0.15) is 5.76 Å². The normalized spacial score (nSPS) is 10.2. The second-order valence-electron chi connectivity index (χ2n) is 3.78. The molecule has 88 valence electrons. The molecule has 5 heteroatoms. The average Bonchev–Trinajstić information content (AvgIpc) is 2.61. The molecule has 2 rings (SSSR count). The minimum Gasteiger partial charge on any atom is -0.372 e. The van der Waals surface area contributed by atoms with Crippen molar-refractivity contribution >= 4 is 11.7 Å². The van der Waals surface area contributed by atoms with Crippen LogP contribution in [0, 0.1) is 13.8 Å². The molecule has 0 saturated heterocycles. The van der Waals surface area contributed by atoms with E-state index in [0.717, 1.165) is 5.56 Å². The topological polar surface area (TPSA) is 64.2 Å². The van der Waals surface area contributed by atoms with Crippen LogP contribution in [-0.4, -0.2) is 10.8 Å². The predicted octanol–water partition coefficient (Wildman–Crippen LogP) is 2.14. The second kappa shape index (κ2) is 4.29. The minimum atomic E-state index is -0.605. The maximum Gasteiger partial charge on any atom is 0.362 e. The molecule has 2 aromatic rings. The zero-order valence-corrected chi connectivity index (χ0v) is 9.56. The molecule has 1 amide bonds. The lowest BCUT2D eigenvalue weighted by Crippen LogP contribution is -2.27. The molecule has 5 nitrogen and oxygen atoms in total. The van der Waals surface area contributed by atoms with Gasteiger partial charge in [-0.05, 0) is 26.0 Å². The van der Waals surface area contributed by atoms with Crippen molar-refractivity contribution in [3.63, 3.8) is 0 Å². The van der Waals surface area contributed by atoms with Gasteiger partial charge in [0.25, 0.3) is 5.56 Å². The van der Waals surface area contributed by atoms with E-state index in [4.69, 9.17) is 4.52 Å². The molecular weight excluding hydrogens is 220 g/mol. The number of rotatable bonds is 1. The fourth-order valence-electron chi connectivity index (χ4n) is 1.40. The van der Waals surface area contributed by atoms with Crippen LogP contribution in [0.5, 0.6) is 0 Å². The lowest BCUT2D eigenvalue weighted by atomic mass is 10.2. The van der Waals surface area contributed by atoms with Crippen molar-refractivity contribution in [1.29, 1.82) is 0 Å². The van der Waals surface area contributed by atoms with Gasteiger partial charge in [-0.15, -0.1) is 0 Å². The van der Waals surface area contributed by atoms with Crippen LogP contribution in [-0.2, 0) is 0 Å². The van der Waals surface area contributed by atoms with E-state index in [9.17, 15) is 9.59 Å². The van der Waals surface area contributed by atoms with Gasteiger partial charge in [0.15, 0.2) is 0 Å². The number of benzene rings is 1. The van der Waals surface area contributed by atoms with E-state index in [1.807, 2.05) is 19.1 Å². The lowest BCUT2D eigenvalue weighted by molar-refractivity contribution is 0.218. The third kappa shape index (κ3) is 2.44. The summed E-state index contributed by atoms with van der Waals surface area (Å²) in [5, 5.41) is 2.57. The molecule has 0 unspecified atom stereocenters. The first-order valence-corrected chi connectivity index (χ1v) is 5.14. The highest BCUT2D eigenvalue weighted by Crippen LogP contribution is 2.08. The van der Waals surface area contributed by atoms with Crippen molar-refractivity contribution in [1.82, 2.24) is 4.74 Å². The molecular formula is C12H12N2O3. The molecule has 1 heterocycles. The highest BCUT2D eigenvalue weighted by molar-refractivity contribution is 5.89. The second-order valence-corrected chi connectivity index (χ2v) is 3.78. The summed E-state index contributed by atoms with van der Waals surface area (Å²) in [6.45, 7) is 3.56. The Hall–Kier alpha value is -2.30. The standard InChI is InChI=1S/C12H12N2O3/c1-8-3-5-10(6-4-8)13-12(16)14-11(15)7-9(2)17-14/h3-7H,1-2H3,(H,13,16). The predicted molar refractivity (Wildman–Crippen MR) is 63.3 cm³/mol. The van der Waals surface area contributed by atoms with Gasteiger partial charge >= 0.3 is 6.03 Å². The van der Waals surface area contributed by atoms with Crippen LogP contribution in [0.4, 0.5) is 10.5 Å². The first-order valence-electron chi connectivity index (χ1n) is 5.14. The van der Waals surface area contributed by atoms with Crippen molar-refractivity contribution in [2.75, 3.05) is 5.32 Å². The third-order valence-electron chi connectivity index (χ3n) is 2.25. The highest BCUT2D eigenvalue weighted by Gasteiger charge is 2.11. The number of carbonyl (C=O) groups is 1. The van der Waals surface area contributed by atoms with Crippen molar-refractivity contribution in [3.05, 3.63) is 52.0 Å². The molecule has 0 aliphatic heterocycles. The monoisotopic (exact) mass is 232 g/mol. The van der Waals surface area contributed by atoms with Gasteiger partial charge in [-0.2, -0.15) is 0 Å². The van der Waals surface area contributed by atoms with E-state index in [2.05, 4.69) is 5.32 Å². The Kier molecular flexibility index (Phi) is 2.82. The number of carbonyl (C=O) groups excluding carboxylic acids is 1. The smallest absolute Gasteiger partial charge is 0.362 e. The number of anilines is 1. The number of amides is 1. The Balaban J connectivity index is 2.20. The fourth-order valence-corrected chi connectivity index (χ4v) is 1.40. The van der Waals surface area contributed by atoms with Crippen molar-refractivity contribution in [2.24, 2.45) is 0 Å². The van der Waals surface area contributed by atoms with Crippen LogP contribution in [0.1, 0.15) is 11.3 Å². The number of aryl methyl sites for hydroxylation is 2. The maximum absolute atomic E-state index is 11.7. The summed E-state index contributed by atoms with van der Waals surface area (Å²) >= 11 is 0. The molecule has 0 aliphatic rings. The SMILES string of the molecule is Cc1ccc(NC(=O)n2oc(C)cc2=O)cc1. The van der Waals surface area contributed by atoms with Gasteiger partial charge in [0, 0.05) is 11.8 Å². The summed E-state index contributed by atoms with van der Waals surface area (Å²) in [5.41, 5.74) is 1.22. The van der Waals surface area contributed by atoms with Gasteiger partial charge in [0.05, 0.1) is 0 Å². The number of nitrogens with zero attached hydrogens (tertiary/aromatic N) is 1. The van der Waals surface area contributed by atoms with Crippen LogP contribution in [0.2, 0.25) is 0 Å².